The van der Waals surface area contributed by atoms with Gasteiger partial charge in [-0.05, 0) is 43.5 Å². The van der Waals surface area contributed by atoms with Gasteiger partial charge in [0.1, 0.15) is 6.54 Å². The average Bonchev–Trinajstić information content (AvgIpc) is 2.63. The molecule has 1 heterocycles. The van der Waals surface area contributed by atoms with E-state index in [9.17, 15) is 14.4 Å². The summed E-state index contributed by atoms with van der Waals surface area (Å²) < 4.78 is 0. The number of amides is 4. The zero-order valence-corrected chi connectivity index (χ0v) is 13.2. The zero-order valence-electron chi connectivity index (χ0n) is 13.2. The van der Waals surface area contributed by atoms with Crippen molar-refractivity contribution in [2.45, 2.75) is 26.7 Å². The number of anilines is 1. The normalized spacial score (nSPS) is 14.7. The number of hydrogen-bond acceptors (Lipinski definition) is 3. The van der Waals surface area contributed by atoms with Gasteiger partial charge in [0.15, 0.2) is 0 Å². The summed E-state index contributed by atoms with van der Waals surface area (Å²) in [5.41, 5.74) is 2.95. The summed E-state index contributed by atoms with van der Waals surface area (Å²) in [6.45, 7) is 4.35. The van der Waals surface area contributed by atoms with Gasteiger partial charge in [0, 0.05) is 25.7 Å². The Morgan fingerprint density at radius 1 is 1.18 bits per heavy atom. The summed E-state index contributed by atoms with van der Waals surface area (Å²) in [7, 11) is 1.59. The predicted molar refractivity (Wildman–Crippen MR) is 83.5 cm³/mol. The maximum atomic E-state index is 11.9. The Hall–Kier alpha value is -2.37. The van der Waals surface area contributed by atoms with Crippen molar-refractivity contribution >= 4 is 23.5 Å². The van der Waals surface area contributed by atoms with Crippen molar-refractivity contribution in [3.05, 3.63) is 29.3 Å². The highest BCUT2D eigenvalue weighted by molar-refractivity contribution is 6.01. The van der Waals surface area contributed by atoms with Crippen LogP contribution in [0.1, 0.15) is 24.0 Å². The average molecular weight is 303 g/mol. The summed E-state index contributed by atoms with van der Waals surface area (Å²) in [5, 5.41) is 2.84. The maximum Gasteiger partial charge on any atom is 0.326 e. The number of likely N-dealkylation sites (N-methyl/N-ethyl adjacent to an activating group) is 1. The monoisotopic (exact) mass is 303 g/mol. The first-order chi connectivity index (χ1) is 10.4. The molecule has 1 fully saturated rings. The van der Waals surface area contributed by atoms with Crippen LogP contribution in [0, 0.1) is 13.8 Å². The maximum absolute atomic E-state index is 11.9. The fourth-order valence-electron chi connectivity index (χ4n) is 2.56. The molecule has 118 valence electrons. The second kappa shape index (κ2) is 6.60. The molecule has 1 saturated heterocycles. The number of carbonyl (C=O) groups excluding carboxylic acids is 3. The third-order valence-corrected chi connectivity index (χ3v) is 3.52. The lowest BCUT2D eigenvalue weighted by Crippen LogP contribution is -2.32. The van der Waals surface area contributed by atoms with E-state index >= 15 is 0 Å². The Bertz CT molecular complexity index is 592. The summed E-state index contributed by atoms with van der Waals surface area (Å²) in [5.74, 6) is -0.320. The molecule has 1 N–H and O–H groups in total. The molecule has 1 aliphatic rings. The minimum absolute atomic E-state index is 0.113. The topological polar surface area (TPSA) is 69.7 Å². The molecule has 0 bridgehead atoms. The molecule has 2 rings (SSSR count). The van der Waals surface area contributed by atoms with Crippen molar-refractivity contribution in [1.82, 2.24) is 9.80 Å². The molecular formula is C16H21N3O3. The SMILES string of the molecule is Cc1cc(C)cc(NC(=O)CCCN2C(=O)CN(C)C2=O)c1. The lowest BCUT2D eigenvalue weighted by atomic mass is 10.1. The predicted octanol–water partition coefficient (Wildman–Crippen LogP) is 1.92. The molecule has 1 aliphatic heterocycles. The lowest BCUT2D eigenvalue weighted by Gasteiger charge is -2.13. The van der Waals surface area contributed by atoms with Crippen LogP contribution in [0.3, 0.4) is 0 Å². The van der Waals surface area contributed by atoms with E-state index < -0.39 is 0 Å². The molecule has 6 nitrogen and oxygen atoms in total. The summed E-state index contributed by atoms with van der Waals surface area (Å²) in [6, 6.07) is 5.57. The lowest BCUT2D eigenvalue weighted by molar-refractivity contribution is -0.125. The molecule has 0 spiro atoms. The molecule has 6 heteroatoms. The van der Waals surface area contributed by atoms with Gasteiger partial charge in [-0.15, -0.1) is 0 Å². The summed E-state index contributed by atoms with van der Waals surface area (Å²) in [6.07, 6.45) is 0.732. The first-order valence-electron chi connectivity index (χ1n) is 7.30. The van der Waals surface area contributed by atoms with Crippen LogP contribution in [0.15, 0.2) is 18.2 Å². The van der Waals surface area contributed by atoms with Gasteiger partial charge in [-0.25, -0.2) is 4.79 Å². The number of nitrogens with zero attached hydrogens (tertiary/aromatic N) is 2. The highest BCUT2D eigenvalue weighted by atomic mass is 16.2. The number of rotatable bonds is 5. The minimum atomic E-state index is -0.292. The number of hydrogen-bond donors (Lipinski definition) is 1. The van der Waals surface area contributed by atoms with Crippen LogP contribution in [0.5, 0.6) is 0 Å². The second-order valence-electron chi connectivity index (χ2n) is 5.71. The minimum Gasteiger partial charge on any atom is -0.326 e. The number of carbonyl (C=O) groups is 3. The van der Waals surface area contributed by atoms with Crippen LogP contribution in [0.25, 0.3) is 0 Å². The van der Waals surface area contributed by atoms with Crippen LogP contribution < -0.4 is 5.32 Å². The number of aryl methyl sites for hydroxylation is 2. The van der Waals surface area contributed by atoms with E-state index in [-0.39, 0.29) is 37.4 Å². The number of urea groups is 1. The van der Waals surface area contributed by atoms with Crippen LogP contribution in [0.4, 0.5) is 10.5 Å². The van der Waals surface area contributed by atoms with Gasteiger partial charge in [-0.1, -0.05) is 6.07 Å². The molecule has 0 radical (unpaired) electrons. The van der Waals surface area contributed by atoms with E-state index in [0.717, 1.165) is 16.8 Å². The van der Waals surface area contributed by atoms with Gasteiger partial charge in [0.05, 0.1) is 0 Å². The van der Waals surface area contributed by atoms with Crippen molar-refractivity contribution in [3.8, 4) is 0 Å². The zero-order chi connectivity index (χ0) is 16.3. The van der Waals surface area contributed by atoms with E-state index in [1.54, 1.807) is 7.05 Å². The van der Waals surface area contributed by atoms with Crippen LogP contribution >= 0.6 is 0 Å². The quantitative estimate of drug-likeness (QED) is 0.845. The Balaban J connectivity index is 1.81. The highest BCUT2D eigenvalue weighted by Gasteiger charge is 2.32. The third kappa shape index (κ3) is 3.84. The molecule has 0 unspecified atom stereocenters. The number of benzene rings is 1. The first kappa shape index (κ1) is 16.0. The molecule has 1 aromatic rings. The van der Waals surface area contributed by atoms with E-state index in [0.29, 0.717) is 6.42 Å². The number of imide groups is 1. The van der Waals surface area contributed by atoms with Gasteiger partial charge in [-0.2, -0.15) is 0 Å². The fraction of sp³-hybridized carbons (Fsp3) is 0.438. The Kier molecular flexibility index (Phi) is 4.80. The molecule has 0 aromatic heterocycles. The van der Waals surface area contributed by atoms with Gasteiger partial charge in [0.25, 0.3) is 0 Å². The Morgan fingerprint density at radius 3 is 2.36 bits per heavy atom. The van der Waals surface area contributed by atoms with Crippen LogP contribution in [-0.4, -0.2) is 47.8 Å². The molecule has 4 amide bonds. The van der Waals surface area contributed by atoms with E-state index in [4.69, 9.17) is 0 Å². The first-order valence-corrected chi connectivity index (χ1v) is 7.30. The van der Waals surface area contributed by atoms with E-state index in [1.165, 1.54) is 9.80 Å². The van der Waals surface area contributed by atoms with Crippen molar-refractivity contribution in [2.24, 2.45) is 0 Å². The van der Waals surface area contributed by atoms with E-state index in [1.807, 2.05) is 32.0 Å². The molecule has 22 heavy (non-hydrogen) atoms. The Labute approximate surface area is 130 Å². The van der Waals surface area contributed by atoms with Crippen molar-refractivity contribution in [3.63, 3.8) is 0 Å². The smallest absolute Gasteiger partial charge is 0.326 e. The van der Waals surface area contributed by atoms with E-state index in [2.05, 4.69) is 5.32 Å². The summed E-state index contributed by atoms with van der Waals surface area (Å²) >= 11 is 0. The number of nitrogens with one attached hydrogen (secondary N) is 1. The van der Waals surface area contributed by atoms with Crippen molar-refractivity contribution < 1.29 is 14.4 Å². The largest absolute Gasteiger partial charge is 0.326 e. The molecule has 0 atom stereocenters. The fourth-order valence-corrected chi connectivity index (χ4v) is 2.56. The van der Waals surface area contributed by atoms with Gasteiger partial charge in [0.2, 0.25) is 11.8 Å². The van der Waals surface area contributed by atoms with Crippen molar-refractivity contribution in [1.29, 1.82) is 0 Å². The third-order valence-electron chi connectivity index (χ3n) is 3.52. The molecule has 0 saturated carbocycles. The van der Waals surface area contributed by atoms with Gasteiger partial charge in [-0.3, -0.25) is 14.5 Å². The standard InChI is InChI=1S/C16H21N3O3/c1-11-7-12(2)9-13(8-11)17-14(20)5-4-6-19-15(21)10-18(3)16(19)22/h7-9H,4-6,10H2,1-3H3,(H,17,20). The van der Waals surface area contributed by atoms with Gasteiger partial charge >= 0.3 is 6.03 Å². The van der Waals surface area contributed by atoms with Crippen molar-refractivity contribution in [2.75, 3.05) is 25.5 Å². The van der Waals surface area contributed by atoms with Crippen LogP contribution in [-0.2, 0) is 9.59 Å². The Morgan fingerprint density at radius 2 is 1.82 bits per heavy atom. The van der Waals surface area contributed by atoms with Crippen LogP contribution in [0.2, 0.25) is 0 Å². The molecule has 1 aromatic carbocycles. The molecular weight excluding hydrogens is 282 g/mol. The van der Waals surface area contributed by atoms with Gasteiger partial charge < -0.3 is 10.2 Å². The summed E-state index contributed by atoms with van der Waals surface area (Å²) in [4.78, 5) is 37.8. The highest BCUT2D eigenvalue weighted by Crippen LogP contribution is 2.14. The second-order valence-corrected chi connectivity index (χ2v) is 5.71. The molecule has 0 aliphatic carbocycles.